The zero-order chi connectivity index (χ0) is 14.8. The molecule has 110 valence electrons. The van der Waals surface area contributed by atoms with Crippen LogP contribution in [-0.4, -0.2) is 49.9 Å². The molecule has 0 spiro atoms. The van der Waals surface area contributed by atoms with E-state index in [1.54, 1.807) is 11.8 Å². The predicted molar refractivity (Wildman–Crippen MR) is 78.1 cm³/mol. The summed E-state index contributed by atoms with van der Waals surface area (Å²) in [5.41, 5.74) is 6.62. The third-order valence-electron chi connectivity index (χ3n) is 3.69. The molecule has 1 heterocycles. The summed E-state index contributed by atoms with van der Waals surface area (Å²) in [4.78, 5) is 14.2. The normalized spacial score (nSPS) is 23.3. The van der Waals surface area contributed by atoms with Crippen LogP contribution in [0.4, 0.5) is 0 Å². The van der Waals surface area contributed by atoms with Gasteiger partial charge in [0.2, 0.25) is 5.91 Å². The van der Waals surface area contributed by atoms with Crippen LogP contribution in [-0.2, 0) is 14.6 Å². The van der Waals surface area contributed by atoms with Crippen LogP contribution in [0, 0.1) is 0 Å². The van der Waals surface area contributed by atoms with Crippen LogP contribution in [0.15, 0.2) is 30.3 Å². The van der Waals surface area contributed by atoms with Crippen molar-refractivity contribution in [1.82, 2.24) is 4.90 Å². The maximum Gasteiger partial charge on any atom is 0.231 e. The van der Waals surface area contributed by atoms with Crippen molar-refractivity contribution in [2.75, 3.05) is 24.6 Å². The number of carbonyl (C=O) groups excluding carboxylic acids is 1. The highest BCUT2D eigenvalue weighted by Crippen LogP contribution is 2.21. The Morgan fingerprint density at radius 3 is 2.60 bits per heavy atom. The molecule has 20 heavy (non-hydrogen) atoms. The van der Waals surface area contributed by atoms with Crippen LogP contribution in [0.25, 0.3) is 0 Å². The standard InChI is InChI=1S/C14H20N2O3S/c1-11-10-20(18,19)8-7-16(11)14(17)13(9-15)12-5-3-2-4-6-12/h2-6,11,13H,7-10,15H2,1H3. The fourth-order valence-electron chi connectivity index (χ4n) is 2.59. The summed E-state index contributed by atoms with van der Waals surface area (Å²) in [5.74, 6) is -0.416. The number of hydrogen-bond donors (Lipinski definition) is 1. The summed E-state index contributed by atoms with van der Waals surface area (Å²) in [6, 6.07) is 9.09. The average molecular weight is 296 g/mol. The van der Waals surface area contributed by atoms with Crippen LogP contribution >= 0.6 is 0 Å². The maximum atomic E-state index is 12.6. The lowest BCUT2D eigenvalue weighted by Crippen LogP contribution is -2.52. The molecular weight excluding hydrogens is 276 g/mol. The van der Waals surface area contributed by atoms with E-state index in [0.717, 1.165) is 5.56 Å². The van der Waals surface area contributed by atoms with Crippen LogP contribution in [0.1, 0.15) is 18.4 Å². The van der Waals surface area contributed by atoms with Gasteiger partial charge in [-0.3, -0.25) is 4.79 Å². The van der Waals surface area contributed by atoms with E-state index in [0.29, 0.717) is 0 Å². The Bertz CT molecular complexity index is 571. The molecule has 0 aromatic heterocycles. The highest BCUT2D eigenvalue weighted by Gasteiger charge is 2.34. The monoisotopic (exact) mass is 296 g/mol. The molecule has 1 fully saturated rings. The molecule has 2 N–H and O–H groups in total. The molecule has 0 saturated carbocycles. The number of benzene rings is 1. The molecule has 0 bridgehead atoms. The molecule has 2 atom stereocenters. The molecule has 1 aliphatic rings. The number of sulfone groups is 1. The molecule has 0 radical (unpaired) electrons. The van der Waals surface area contributed by atoms with Gasteiger partial charge in [0.25, 0.3) is 0 Å². The van der Waals surface area contributed by atoms with Crippen LogP contribution in [0.3, 0.4) is 0 Å². The summed E-state index contributed by atoms with van der Waals surface area (Å²) < 4.78 is 23.2. The van der Waals surface area contributed by atoms with Crippen molar-refractivity contribution >= 4 is 15.7 Å². The highest BCUT2D eigenvalue weighted by atomic mass is 32.2. The summed E-state index contributed by atoms with van der Waals surface area (Å²) in [6.45, 7) is 2.25. The first-order chi connectivity index (χ1) is 9.44. The summed E-state index contributed by atoms with van der Waals surface area (Å²) in [5, 5.41) is 0. The Labute approximate surface area is 119 Å². The Morgan fingerprint density at radius 2 is 2.05 bits per heavy atom. The minimum absolute atomic E-state index is 0.0326. The quantitative estimate of drug-likeness (QED) is 0.874. The number of carbonyl (C=O) groups is 1. The van der Waals surface area contributed by atoms with E-state index in [-0.39, 0.29) is 36.5 Å². The molecule has 5 nitrogen and oxygen atoms in total. The Balaban J connectivity index is 2.18. The summed E-state index contributed by atoms with van der Waals surface area (Å²) in [7, 11) is -3.02. The van der Waals surface area contributed by atoms with Crippen molar-refractivity contribution in [2.24, 2.45) is 5.73 Å². The molecule has 2 unspecified atom stereocenters. The number of amides is 1. The molecule has 6 heteroatoms. The first kappa shape index (κ1) is 15.0. The number of hydrogen-bond acceptors (Lipinski definition) is 4. The fraction of sp³-hybridized carbons (Fsp3) is 0.500. The van der Waals surface area contributed by atoms with Crippen molar-refractivity contribution in [3.63, 3.8) is 0 Å². The zero-order valence-electron chi connectivity index (χ0n) is 11.5. The van der Waals surface area contributed by atoms with Crippen LogP contribution < -0.4 is 5.73 Å². The van der Waals surface area contributed by atoms with E-state index in [1.807, 2.05) is 30.3 Å². The Morgan fingerprint density at radius 1 is 1.40 bits per heavy atom. The first-order valence-electron chi connectivity index (χ1n) is 6.70. The second-order valence-corrected chi connectivity index (χ2v) is 7.42. The minimum Gasteiger partial charge on any atom is -0.337 e. The van der Waals surface area contributed by atoms with Crippen molar-refractivity contribution in [3.8, 4) is 0 Å². The average Bonchev–Trinajstić information content (AvgIpc) is 2.39. The molecule has 1 aromatic rings. The Hall–Kier alpha value is -1.40. The Kier molecular flexibility index (Phi) is 4.45. The van der Waals surface area contributed by atoms with Crippen molar-refractivity contribution in [2.45, 2.75) is 18.9 Å². The second-order valence-electron chi connectivity index (χ2n) is 5.19. The summed E-state index contributed by atoms with van der Waals surface area (Å²) >= 11 is 0. The van der Waals surface area contributed by atoms with E-state index in [1.165, 1.54) is 0 Å². The van der Waals surface area contributed by atoms with Gasteiger partial charge in [0.1, 0.15) is 0 Å². The lowest BCUT2D eigenvalue weighted by Gasteiger charge is -2.35. The van der Waals surface area contributed by atoms with E-state index in [2.05, 4.69) is 0 Å². The third kappa shape index (κ3) is 3.19. The van der Waals surface area contributed by atoms with Gasteiger partial charge in [0.05, 0.1) is 17.4 Å². The molecule has 1 aliphatic heterocycles. The van der Waals surface area contributed by atoms with Crippen molar-refractivity contribution in [3.05, 3.63) is 35.9 Å². The van der Waals surface area contributed by atoms with Gasteiger partial charge in [-0.15, -0.1) is 0 Å². The lowest BCUT2D eigenvalue weighted by molar-refractivity contribution is -0.134. The smallest absolute Gasteiger partial charge is 0.231 e. The molecule has 1 amide bonds. The zero-order valence-corrected chi connectivity index (χ0v) is 12.3. The molecular formula is C14H20N2O3S. The third-order valence-corrected chi connectivity index (χ3v) is 5.48. The van der Waals surface area contributed by atoms with Gasteiger partial charge in [0, 0.05) is 19.1 Å². The van der Waals surface area contributed by atoms with E-state index in [4.69, 9.17) is 5.73 Å². The fourth-order valence-corrected chi connectivity index (χ4v) is 4.15. The number of nitrogens with two attached hydrogens (primary N) is 1. The molecule has 2 rings (SSSR count). The van der Waals surface area contributed by atoms with E-state index < -0.39 is 15.8 Å². The van der Waals surface area contributed by atoms with Crippen LogP contribution in [0.2, 0.25) is 0 Å². The largest absolute Gasteiger partial charge is 0.337 e. The van der Waals surface area contributed by atoms with Crippen LogP contribution in [0.5, 0.6) is 0 Å². The minimum atomic E-state index is -3.02. The van der Waals surface area contributed by atoms with Crippen molar-refractivity contribution < 1.29 is 13.2 Å². The first-order valence-corrected chi connectivity index (χ1v) is 8.52. The highest BCUT2D eigenvalue weighted by molar-refractivity contribution is 7.91. The predicted octanol–water partition coefficient (Wildman–Crippen LogP) is 0.374. The van der Waals surface area contributed by atoms with Gasteiger partial charge in [-0.2, -0.15) is 0 Å². The molecule has 1 saturated heterocycles. The maximum absolute atomic E-state index is 12.6. The molecule has 1 aromatic carbocycles. The SMILES string of the molecule is CC1CS(=O)(=O)CCN1C(=O)C(CN)c1ccccc1. The van der Waals surface area contributed by atoms with E-state index >= 15 is 0 Å². The molecule has 0 aliphatic carbocycles. The van der Waals surface area contributed by atoms with Gasteiger partial charge >= 0.3 is 0 Å². The summed E-state index contributed by atoms with van der Waals surface area (Å²) in [6.07, 6.45) is 0. The van der Waals surface area contributed by atoms with Gasteiger partial charge in [-0.1, -0.05) is 30.3 Å². The number of nitrogens with zero attached hydrogens (tertiary/aromatic N) is 1. The van der Waals surface area contributed by atoms with E-state index in [9.17, 15) is 13.2 Å². The lowest BCUT2D eigenvalue weighted by atomic mass is 9.97. The van der Waals surface area contributed by atoms with Gasteiger partial charge < -0.3 is 10.6 Å². The van der Waals surface area contributed by atoms with Gasteiger partial charge in [0.15, 0.2) is 9.84 Å². The van der Waals surface area contributed by atoms with Gasteiger partial charge in [-0.25, -0.2) is 8.42 Å². The van der Waals surface area contributed by atoms with Gasteiger partial charge in [-0.05, 0) is 12.5 Å². The second kappa shape index (κ2) is 5.93. The number of rotatable bonds is 3. The van der Waals surface area contributed by atoms with Crippen molar-refractivity contribution in [1.29, 1.82) is 0 Å². The topological polar surface area (TPSA) is 80.5 Å².